The van der Waals surface area contributed by atoms with E-state index in [1.165, 1.54) is 48.8 Å². The fourth-order valence-electron chi connectivity index (χ4n) is 3.29. The molecule has 1 aliphatic rings. The van der Waals surface area contributed by atoms with Gasteiger partial charge in [-0.25, -0.2) is 23.1 Å². The number of ether oxygens (including phenoxy) is 2. The second kappa shape index (κ2) is 9.18. The van der Waals surface area contributed by atoms with E-state index >= 15 is 0 Å². The van der Waals surface area contributed by atoms with Crippen molar-refractivity contribution in [1.29, 1.82) is 0 Å². The number of carbonyl (C=O) groups is 1. The number of piperidine rings is 1. The lowest BCUT2D eigenvalue weighted by atomic mass is 9.94. The third kappa shape index (κ3) is 5.31. The molecule has 11 heteroatoms. The van der Waals surface area contributed by atoms with Gasteiger partial charge in [0.25, 0.3) is 0 Å². The molecule has 1 aliphatic heterocycles. The highest BCUT2D eigenvalue weighted by atomic mass is 32.2. The van der Waals surface area contributed by atoms with Crippen LogP contribution in [0.25, 0.3) is 0 Å². The van der Waals surface area contributed by atoms with Gasteiger partial charge in [-0.1, -0.05) is 12.1 Å². The monoisotopic (exact) mass is 454 g/mol. The predicted octanol–water partition coefficient (Wildman–Crippen LogP) is 2.38. The average molecular weight is 454 g/mol. The number of sulfonamides is 1. The summed E-state index contributed by atoms with van der Waals surface area (Å²) in [6, 6.07) is 11.4. The summed E-state index contributed by atoms with van der Waals surface area (Å²) < 4.78 is 50.7. The minimum absolute atomic E-state index is 0.0185. The van der Waals surface area contributed by atoms with Crippen LogP contribution in [0.15, 0.2) is 53.4 Å². The quantitative estimate of drug-likeness (QED) is 0.452. The molecule has 2 atom stereocenters. The first-order valence-corrected chi connectivity index (χ1v) is 10.9. The Bertz CT molecular complexity index is 1010. The molecule has 9 nitrogen and oxygen atoms in total. The van der Waals surface area contributed by atoms with Crippen molar-refractivity contribution in [2.75, 3.05) is 6.54 Å². The Morgan fingerprint density at radius 1 is 1.23 bits per heavy atom. The minimum atomic E-state index is -4.14. The maximum absolute atomic E-state index is 13.1. The van der Waals surface area contributed by atoms with E-state index in [2.05, 4.69) is 0 Å². The summed E-state index contributed by atoms with van der Waals surface area (Å²) in [5, 5.41) is 19.3. The highest BCUT2D eigenvalue weighted by Crippen LogP contribution is 2.33. The third-order valence-electron chi connectivity index (χ3n) is 4.91. The Balaban J connectivity index is 1.76. The molecule has 3 rings (SSSR count). The number of nitrogens with zero attached hydrogens (tertiary/aromatic N) is 1. The number of aliphatic hydroxyl groups is 1. The summed E-state index contributed by atoms with van der Waals surface area (Å²) in [5.41, 5.74) is 0.372. The zero-order valence-corrected chi connectivity index (χ0v) is 17.5. The molecule has 1 heterocycles. The second-order valence-electron chi connectivity index (χ2n) is 7.33. The molecule has 0 spiro atoms. The van der Waals surface area contributed by atoms with E-state index in [9.17, 15) is 22.7 Å². The molecule has 0 radical (unpaired) electrons. The van der Waals surface area contributed by atoms with Crippen LogP contribution in [-0.4, -0.2) is 47.5 Å². The van der Waals surface area contributed by atoms with Gasteiger partial charge in [0.2, 0.25) is 10.0 Å². The van der Waals surface area contributed by atoms with Gasteiger partial charge in [-0.3, -0.25) is 5.21 Å². The van der Waals surface area contributed by atoms with E-state index < -0.39 is 27.9 Å². The van der Waals surface area contributed by atoms with Gasteiger partial charge in [-0.05, 0) is 61.7 Å². The Labute approximate surface area is 179 Å². The van der Waals surface area contributed by atoms with Crippen LogP contribution in [0.4, 0.5) is 9.18 Å². The standard InChI is InChI=1S/C20H23FN2O7S/c1-20(25)11-2-12-23(18(20)30-19(24)22-26)31(27,28)17-9-7-16(8-10-17)29-13-14-3-5-15(21)6-4-14/h3-10,18,25-26H,2,11-13H2,1H3,(H,22,24)/t18-,20+/m1/s1. The maximum atomic E-state index is 13.1. The summed E-state index contributed by atoms with van der Waals surface area (Å²) in [5.74, 6) is 0.0510. The first kappa shape index (κ1) is 22.9. The van der Waals surface area contributed by atoms with Crippen LogP contribution < -0.4 is 10.2 Å². The zero-order chi connectivity index (χ0) is 22.6. The van der Waals surface area contributed by atoms with Crippen molar-refractivity contribution in [2.45, 2.75) is 43.1 Å². The van der Waals surface area contributed by atoms with E-state index in [1.807, 2.05) is 0 Å². The molecular weight excluding hydrogens is 431 g/mol. The number of amides is 1. The molecule has 2 aromatic rings. The summed E-state index contributed by atoms with van der Waals surface area (Å²) in [6.45, 7) is 1.55. The molecule has 0 aromatic heterocycles. The molecule has 2 aromatic carbocycles. The van der Waals surface area contributed by atoms with E-state index in [0.717, 1.165) is 9.87 Å². The smallest absolute Gasteiger partial charge is 0.432 e. The van der Waals surface area contributed by atoms with Crippen LogP contribution in [0.1, 0.15) is 25.3 Å². The van der Waals surface area contributed by atoms with E-state index in [4.69, 9.17) is 14.7 Å². The van der Waals surface area contributed by atoms with Crippen molar-refractivity contribution < 1.29 is 37.4 Å². The molecule has 1 saturated heterocycles. The van der Waals surface area contributed by atoms with Crippen molar-refractivity contribution in [1.82, 2.24) is 9.79 Å². The predicted molar refractivity (Wildman–Crippen MR) is 106 cm³/mol. The molecule has 1 fully saturated rings. The summed E-state index contributed by atoms with van der Waals surface area (Å²) in [7, 11) is -4.14. The molecular formula is C20H23FN2O7S. The normalized spacial score (nSPS) is 22.0. The van der Waals surface area contributed by atoms with Gasteiger partial charge < -0.3 is 14.6 Å². The molecule has 168 valence electrons. The highest BCUT2D eigenvalue weighted by Gasteiger charge is 2.47. The van der Waals surface area contributed by atoms with Gasteiger partial charge in [0, 0.05) is 6.54 Å². The van der Waals surface area contributed by atoms with Crippen LogP contribution in [0, 0.1) is 5.82 Å². The van der Waals surface area contributed by atoms with E-state index in [-0.39, 0.29) is 30.3 Å². The Hall–Kier alpha value is -2.73. The molecule has 0 aliphatic carbocycles. The summed E-state index contributed by atoms with van der Waals surface area (Å²) in [6.07, 6.45) is -2.24. The maximum Gasteiger partial charge on any atom is 0.432 e. The van der Waals surface area contributed by atoms with Gasteiger partial charge in [0.1, 0.15) is 23.8 Å². The molecule has 1 amide bonds. The SMILES string of the molecule is C[C@]1(O)CCCN(S(=O)(=O)c2ccc(OCc3ccc(F)cc3)cc2)[C@@H]1OC(=O)NO. The molecule has 0 saturated carbocycles. The van der Waals surface area contributed by atoms with E-state index in [1.54, 1.807) is 12.1 Å². The topological polar surface area (TPSA) is 125 Å². The number of rotatable bonds is 6. The minimum Gasteiger partial charge on any atom is -0.489 e. The first-order chi connectivity index (χ1) is 14.6. The number of carbonyl (C=O) groups excluding carboxylic acids is 1. The van der Waals surface area contributed by atoms with Gasteiger partial charge in [-0.15, -0.1) is 0 Å². The summed E-state index contributed by atoms with van der Waals surface area (Å²) >= 11 is 0. The highest BCUT2D eigenvalue weighted by molar-refractivity contribution is 7.89. The third-order valence-corrected chi connectivity index (χ3v) is 6.77. The summed E-state index contributed by atoms with van der Waals surface area (Å²) in [4.78, 5) is 11.4. The average Bonchev–Trinajstić information content (AvgIpc) is 2.74. The van der Waals surface area contributed by atoms with Gasteiger partial charge in [0.05, 0.1) is 4.90 Å². The Morgan fingerprint density at radius 3 is 2.48 bits per heavy atom. The number of nitrogens with one attached hydrogen (secondary N) is 1. The van der Waals surface area contributed by atoms with Crippen LogP contribution in [0.3, 0.4) is 0 Å². The molecule has 0 unspecified atom stereocenters. The van der Waals surface area contributed by atoms with Gasteiger partial charge in [-0.2, -0.15) is 4.31 Å². The largest absolute Gasteiger partial charge is 0.489 e. The number of hydrogen-bond donors (Lipinski definition) is 3. The zero-order valence-electron chi connectivity index (χ0n) is 16.7. The van der Waals surface area contributed by atoms with Crippen molar-refractivity contribution in [3.63, 3.8) is 0 Å². The second-order valence-corrected chi connectivity index (χ2v) is 9.22. The van der Waals surface area contributed by atoms with Crippen LogP contribution >= 0.6 is 0 Å². The van der Waals surface area contributed by atoms with Crippen molar-refractivity contribution in [3.8, 4) is 5.75 Å². The lowest BCUT2D eigenvalue weighted by molar-refractivity contribution is -0.141. The van der Waals surface area contributed by atoms with Crippen molar-refractivity contribution >= 4 is 16.1 Å². The number of hydroxylamine groups is 1. The lowest BCUT2D eigenvalue weighted by Gasteiger charge is -2.42. The van der Waals surface area contributed by atoms with Gasteiger partial charge in [0.15, 0.2) is 6.23 Å². The molecule has 3 N–H and O–H groups in total. The molecule has 0 bridgehead atoms. The van der Waals surface area contributed by atoms with Crippen molar-refractivity contribution in [3.05, 3.63) is 59.9 Å². The van der Waals surface area contributed by atoms with Crippen LogP contribution in [-0.2, 0) is 21.4 Å². The lowest BCUT2D eigenvalue weighted by Crippen LogP contribution is -2.59. The fraction of sp³-hybridized carbons (Fsp3) is 0.350. The number of hydrogen-bond acceptors (Lipinski definition) is 7. The number of benzene rings is 2. The Kier molecular flexibility index (Phi) is 6.80. The number of halogens is 1. The fourth-order valence-corrected chi connectivity index (χ4v) is 4.94. The molecule has 31 heavy (non-hydrogen) atoms. The van der Waals surface area contributed by atoms with Gasteiger partial charge >= 0.3 is 6.09 Å². The first-order valence-electron chi connectivity index (χ1n) is 9.46. The van der Waals surface area contributed by atoms with Crippen LogP contribution in [0.2, 0.25) is 0 Å². The van der Waals surface area contributed by atoms with E-state index in [0.29, 0.717) is 12.2 Å². The van der Waals surface area contributed by atoms with Crippen molar-refractivity contribution in [2.24, 2.45) is 0 Å². The Morgan fingerprint density at radius 2 is 1.87 bits per heavy atom. The van der Waals surface area contributed by atoms with Crippen LogP contribution in [0.5, 0.6) is 5.75 Å².